The summed E-state index contributed by atoms with van der Waals surface area (Å²) in [5.74, 6) is 0.299. The summed E-state index contributed by atoms with van der Waals surface area (Å²) in [4.78, 5) is 17.6. The fourth-order valence-electron chi connectivity index (χ4n) is 0.862. The van der Waals surface area contributed by atoms with Gasteiger partial charge >= 0.3 is 6.08 Å². The molecule has 0 saturated carbocycles. The van der Waals surface area contributed by atoms with Crippen molar-refractivity contribution in [2.24, 2.45) is 0 Å². The standard InChI is InChI=1S/C8H11FN4O/c1-10-7(14)3-5-11-6-2-4-12-8(9)13-6/h2,4H,3,5H2,1H3,(H,10,14)(H,11,12,13). The second-order valence-electron chi connectivity index (χ2n) is 2.56. The average molecular weight is 198 g/mol. The molecule has 76 valence electrons. The van der Waals surface area contributed by atoms with Crippen LogP contribution >= 0.6 is 0 Å². The summed E-state index contributed by atoms with van der Waals surface area (Å²) >= 11 is 0. The Bertz CT molecular complexity index is 318. The third-order valence-corrected chi connectivity index (χ3v) is 1.56. The molecule has 6 heteroatoms. The lowest BCUT2D eigenvalue weighted by atomic mass is 10.4. The van der Waals surface area contributed by atoms with E-state index in [0.717, 1.165) is 0 Å². The van der Waals surface area contributed by atoms with Gasteiger partial charge in [-0.2, -0.15) is 9.37 Å². The number of halogens is 1. The number of hydrogen-bond donors (Lipinski definition) is 2. The molecular formula is C8H11FN4O. The van der Waals surface area contributed by atoms with Gasteiger partial charge in [0, 0.05) is 26.2 Å². The predicted molar refractivity (Wildman–Crippen MR) is 49.2 cm³/mol. The summed E-state index contributed by atoms with van der Waals surface area (Å²) in [6.07, 6.45) is 0.849. The van der Waals surface area contributed by atoms with Crippen LogP contribution in [0.4, 0.5) is 10.2 Å². The molecule has 1 aromatic heterocycles. The zero-order chi connectivity index (χ0) is 10.4. The van der Waals surface area contributed by atoms with Crippen LogP contribution in [0.2, 0.25) is 0 Å². The van der Waals surface area contributed by atoms with Gasteiger partial charge < -0.3 is 10.6 Å². The van der Waals surface area contributed by atoms with Gasteiger partial charge in [0.05, 0.1) is 0 Å². The molecule has 0 saturated heterocycles. The summed E-state index contributed by atoms with van der Waals surface area (Å²) in [7, 11) is 1.56. The van der Waals surface area contributed by atoms with Crippen molar-refractivity contribution >= 4 is 11.7 Å². The van der Waals surface area contributed by atoms with Crippen LogP contribution in [0.3, 0.4) is 0 Å². The molecule has 0 aromatic carbocycles. The second-order valence-corrected chi connectivity index (χ2v) is 2.56. The van der Waals surface area contributed by atoms with Crippen LogP contribution in [0.5, 0.6) is 0 Å². The predicted octanol–water partition coefficient (Wildman–Crippen LogP) is 0.164. The van der Waals surface area contributed by atoms with Crippen LogP contribution in [0.1, 0.15) is 6.42 Å². The highest BCUT2D eigenvalue weighted by atomic mass is 19.1. The van der Waals surface area contributed by atoms with Crippen LogP contribution in [0.25, 0.3) is 0 Å². The van der Waals surface area contributed by atoms with Gasteiger partial charge in [-0.25, -0.2) is 4.98 Å². The minimum absolute atomic E-state index is 0.0768. The molecule has 1 aromatic rings. The van der Waals surface area contributed by atoms with Crippen LogP contribution in [-0.4, -0.2) is 29.5 Å². The molecule has 0 fully saturated rings. The van der Waals surface area contributed by atoms with Gasteiger partial charge in [-0.1, -0.05) is 0 Å². The molecular weight excluding hydrogens is 187 g/mol. The van der Waals surface area contributed by atoms with Crippen molar-refractivity contribution in [2.75, 3.05) is 18.9 Å². The molecule has 0 aliphatic carbocycles. The number of anilines is 1. The van der Waals surface area contributed by atoms with E-state index in [1.807, 2.05) is 0 Å². The molecule has 5 nitrogen and oxygen atoms in total. The van der Waals surface area contributed by atoms with Crippen LogP contribution in [0, 0.1) is 6.08 Å². The molecule has 0 bridgehead atoms. The summed E-state index contributed by atoms with van der Waals surface area (Å²) in [6, 6.07) is 1.53. The molecule has 1 amide bonds. The van der Waals surface area contributed by atoms with E-state index in [1.165, 1.54) is 12.3 Å². The number of nitrogens with one attached hydrogen (secondary N) is 2. The first kappa shape index (κ1) is 10.4. The first-order valence-corrected chi connectivity index (χ1v) is 4.15. The summed E-state index contributed by atoms with van der Waals surface area (Å²) in [5.41, 5.74) is 0. The van der Waals surface area contributed by atoms with Crippen LogP contribution in [0.15, 0.2) is 12.3 Å². The van der Waals surface area contributed by atoms with E-state index in [1.54, 1.807) is 7.05 Å². The van der Waals surface area contributed by atoms with Crippen molar-refractivity contribution in [1.29, 1.82) is 0 Å². The maximum atomic E-state index is 12.5. The topological polar surface area (TPSA) is 66.9 Å². The van der Waals surface area contributed by atoms with Gasteiger partial charge in [0.2, 0.25) is 5.91 Å². The van der Waals surface area contributed by atoms with Gasteiger partial charge in [-0.05, 0) is 6.07 Å². The van der Waals surface area contributed by atoms with Gasteiger partial charge in [-0.15, -0.1) is 0 Å². The molecule has 0 radical (unpaired) electrons. The maximum Gasteiger partial charge on any atom is 0.310 e. The number of hydrogen-bond acceptors (Lipinski definition) is 4. The first-order valence-electron chi connectivity index (χ1n) is 4.15. The Morgan fingerprint density at radius 3 is 3.07 bits per heavy atom. The average Bonchev–Trinajstić information content (AvgIpc) is 2.17. The Morgan fingerprint density at radius 2 is 2.43 bits per heavy atom. The molecule has 2 N–H and O–H groups in total. The minimum Gasteiger partial charge on any atom is -0.369 e. The number of carbonyl (C=O) groups excluding carboxylic acids is 1. The quantitative estimate of drug-likeness (QED) is 0.676. The largest absolute Gasteiger partial charge is 0.369 e. The van der Waals surface area contributed by atoms with E-state index < -0.39 is 6.08 Å². The molecule has 0 aliphatic rings. The van der Waals surface area contributed by atoms with Gasteiger partial charge in [0.1, 0.15) is 5.82 Å². The summed E-state index contributed by atoms with van der Waals surface area (Å²) in [5, 5.41) is 5.28. The Balaban J connectivity index is 2.35. The van der Waals surface area contributed by atoms with E-state index in [-0.39, 0.29) is 5.91 Å². The molecule has 0 spiro atoms. The Morgan fingerprint density at radius 1 is 1.64 bits per heavy atom. The first-order chi connectivity index (χ1) is 6.72. The van der Waals surface area contributed by atoms with E-state index in [9.17, 15) is 9.18 Å². The monoisotopic (exact) mass is 198 g/mol. The fourth-order valence-corrected chi connectivity index (χ4v) is 0.862. The fraction of sp³-hybridized carbons (Fsp3) is 0.375. The highest BCUT2D eigenvalue weighted by Crippen LogP contribution is 2.00. The van der Waals surface area contributed by atoms with Crippen molar-refractivity contribution in [3.8, 4) is 0 Å². The van der Waals surface area contributed by atoms with E-state index in [4.69, 9.17) is 0 Å². The van der Waals surface area contributed by atoms with Crippen molar-refractivity contribution in [3.05, 3.63) is 18.3 Å². The molecule has 14 heavy (non-hydrogen) atoms. The summed E-state index contributed by atoms with van der Waals surface area (Å²) in [6.45, 7) is 0.413. The number of aromatic nitrogens is 2. The van der Waals surface area contributed by atoms with Crippen LogP contribution in [-0.2, 0) is 4.79 Å². The highest BCUT2D eigenvalue weighted by Gasteiger charge is 1.99. The molecule has 0 unspecified atom stereocenters. The number of rotatable bonds is 4. The normalized spacial score (nSPS) is 9.57. The minimum atomic E-state index is -0.782. The van der Waals surface area contributed by atoms with Crippen molar-refractivity contribution in [1.82, 2.24) is 15.3 Å². The number of nitrogens with zero attached hydrogens (tertiary/aromatic N) is 2. The lowest BCUT2D eigenvalue weighted by molar-refractivity contribution is -0.120. The number of carbonyl (C=O) groups is 1. The summed E-state index contributed by atoms with van der Waals surface area (Å²) < 4.78 is 12.5. The highest BCUT2D eigenvalue weighted by molar-refractivity contribution is 5.75. The van der Waals surface area contributed by atoms with E-state index in [0.29, 0.717) is 18.8 Å². The lowest BCUT2D eigenvalue weighted by Gasteiger charge is -2.03. The zero-order valence-corrected chi connectivity index (χ0v) is 7.75. The molecule has 0 aliphatic heterocycles. The second kappa shape index (κ2) is 5.11. The SMILES string of the molecule is CNC(=O)CCNc1ccnc(F)n1. The molecule has 1 heterocycles. The third kappa shape index (κ3) is 3.34. The van der Waals surface area contributed by atoms with Gasteiger partial charge in [0.25, 0.3) is 0 Å². The Kier molecular flexibility index (Phi) is 3.78. The van der Waals surface area contributed by atoms with Gasteiger partial charge in [0.15, 0.2) is 0 Å². The van der Waals surface area contributed by atoms with E-state index in [2.05, 4.69) is 20.6 Å². The van der Waals surface area contributed by atoms with Crippen LogP contribution < -0.4 is 10.6 Å². The molecule has 0 atom stereocenters. The van der Waals surface area contributed by atoms with Crippen molar-refractivity contribution in [2.45, 2.75) is 6.42 Å². The van der Waals surface area contributed by atoms with E-state index >= 15 is 0 Å². The smallest absolute Gasteiger partial charge is 0.310 e. The Hall–Kier alpha value is -1.72. The van der Waals surface area contributed by atoms with Crippen molar-refractivity contribution in [3.63, 3.8) is 0 Å². The van der Waals surface area contributed by atoms with Crippen molar-refractivity contribution < 1.29 is 9.18 Å². The zero-order valence-electron chi connectivity index (χ0n) is 7.75. The molecule has 1 rings (SSSR count). The van der Waals surface area contributed by atoms with Gasteiger partial charge in [-0.3, -0.25) is 4.79 Å². The maximum absolute atomic E-state index is 12.5. The third-order valence-electron chi connectivity index (χ3n) is 1.56. The lowest BCUT2D eigenvalue weighted by Crippen LogP contribution is -2.21. The number of amides is 1. The Labute approximate surface area is 80.8 Å².